The molecule has 2 amide bonds. The van der Waals surface area contributed by atoms with Crippen LogP contribution in [0.5, 0.6) is 0 Å². The van der Waals surface area contributed by atoms with Gasteiger partial charge in [0.15, 0.2) is 5.69 Å². The number of fused-ring (bicyclic) bond motifs is 1. The third-order valence-electron chi connectivity index (χ3n) is 4.98. The van der Waals surface area contributed by atoms with E-state index in [0.29, 0.717) is 17.7 Å². The topological polar surface area (TPSA) is 84.0 Å². The van der Waals surface area contributed by atoms with Crippen LogP contribution in [-0.2, 0) is 11.3 Å². The van der Waals surface area contributed by atoms with Gasteiger partial charge in [0.1, 0.15) is 0 Å². The first-order valence-corrected chi connectivity index (χ1v) is 9.86. The molecule has 2 N–H and O–H groups in total. The first-order chi connectivity index (χ1) is 14.6. The molecule has 2 aromatic heterocycles. The molecule has 1 aliphatic rings. The van der Waals surface area contributed by atoms with Crippen LogP contribution in [0.1, 0.15) is 29.5 Å². The highest BCUT2D eigenvalue weighted by molar-refractivity contribution is 6.21. The van der Waals surface area contributed by atoms with Gasteiger partial charge >= 0.3 is 0 Å². The summed E-state index contributed by atoms with van der Waals surface area (Å²) in [6.07, 6.45) is 6.02. The number of hydrogen-bond donors (Lipinski definition) is 2. The molecule has 4 rings (SSSR count). The van der Waals surface area contributed by atoms with Crippen LogP contribution in [-0.4, -0.2) is 21.8 Å². The summed E-state index contributed by atoms with van der Waals surface area (Å²) < 4.78 is 0. The normalized spacial score (nSPS) is 15.0. The molecule has 2 heterocycles. The van der Waals surface area contributed by atoms with Crippen molar-refractivity contribution >= 4 is 29.2 Å². The second-order valence-electron chi connectivity index (χ2n) is 7.27. The van der Waals surface area contributed by atoms with Crippen LogP contribution in [0.25, 0.3) is 11.6 Å². The zero-order valence-electron chi connectivity index (χ0n) is 16.6. The molecule has 1 aliphatic carbocycles. The molecule has 0 bridgehead atoms. The Morgan fingerprint density at radius 2 is 1.77 bits per heavy atom. The summed E-state index contributed by atoms with van der Waals surface area (Å²) in [7, 11) is 0. The quantitative estimate of drug-likeness (QED) is 0.689. The minimum Gasteiger partial charge on any atom is -0.345 e. The van der Waals surface area contributed by atoms with Gasteiger partial charge in [0.25, 0.3) is 11.8 Å². The van der Waals surface area contributed by atoms with E-state index in [1.807, 2.05) is 42.5 Å². The van der Waals surface area contributed by atoms with Crippen molar-refractivity contribution in [3.63, 3.8) is 0 Å². The summed E-state index contributed by atoms with van der Waals surface area (Å²) >= 11 is 0. The van der Waals surface area contributed by atoms with Gasteiger partial charge in [0.2, 0.25) is 0 Å². The number of anilines is 1. The van der Waals surface area contributed by atoms with Crippen LogP contribution >= 0.6 is 0 Å². The van der Waals surface area contributed by atoms with Crippen LogP contribution < -0.4 is 21.1 Å². The maximum atomic E-state index is 13.1. The fourth-order valence-corrected chi connectivity index (χ4v) is 3.57. The Morgan fingerprint density at radius 1 is 0.967 bits per heavy atom. The molecule has 6 nitrogen and oxygen atoms in total. The number of benzene rings is 1. The first-order valence-electron chi connectivity index (χ1n) is 9.86. The molecule has 3 aromatic rings. The van der Waals surface area contributed by atoms with Gasteiger partial charge in [-0.15, -0.1) is 0 Å². The molecular weight excluding hydrogens is 376 g/mol. The molecule has 1 aromatic carbocycles. The number of nitrogens with one attached hydrogen (secondary N) is 2. The van der Waals surface area contributed by atoms with Crippen LogP contribution in [0.2, 0.25) is 0 Å². The summed E-state index contributed by atoms with van der Waals surface area (Å²) in [4.78, 5) is 34.2. The van der Waals surface area contributed by atoms with Crippen molar-refractivity contribution in [2.45, 2.75) is 19.9 Å². The highest BCUT2D eigenvalue weighted by atomic mass is 16.2. The lowest BCUT2D eigenvalue weighted by molar-refractivity contribution is -0.111. The Labute approximate surface area is 174 Å². The van der Waals surface area contributed by atoms with Gasteiger partial charge in [-0.25, -0.2) is 4.98 Å². The van der Waals surface area contributed by atoms with Gasteiger partial charge in [-0.2, -0.15) is 0 Å². The molecule has 6 heteroatoms. The molecule has 150 valence electrons. The third-order valence-corrected chi connectivity index (χ3v) is 4.98. The smallest absolute Gasteiger partial charge is 0.272 e. The van der Waals surface area contributed by atoms with Gasteiger partial charge in [-0.3, -0.25) is 14.6 Å². The largest absolute Gasteiger partial charge is 0.345 e. The number of pyridine rings is 2. The van der Waals surface area contributed by atoms with Crippen molar-refractivity contribution in [3.8, 4) is 0 Å². The van der Waals surface area contributed by atoms with Crippen LogP contribution in [0, 0.1) is 5.92 Å². The number of carbonyl (C=O) groups is 2. The Bertz CT molecular complexity index is 1210. The van der Waals surface area contributed by atoms with E-state index in [0.717, 1.165) is 16.1 Å². The van der Waals surface area contributed by atoms with E-state index in [-0.39, 0.29) is 30.0 Å². The lowest BCUT2D eigenvalue weighted by Gasteiger charge is -2.17. The maximum absolute atomic E-state index is 13.1. The number of amides is 2. The highest BCUT2D eigenvalue weighted by Crippen LogP contribution is 2.19. The van der Waals surface area contributed by atoms with Gasteiger partial charge in [-0.1, -0.05) is 43.3 Å². The van der Waals surface area contributed by atoms with Gasteiger partial charge in [-0.05, 0) is 47.0 Å². The van der Waals surface area contributed by atoms with Crippen molar-refractivity contribution in [1.82, 2.24) is 15.3 Å². The molecule has 0 aliphatic heterocycles. The summed E-state index contributed by atoms with van der Waals surface area (Å²) in [5.74, 6) is -0.322. The fraction of sp³-hybridized carbons (Fsp3) is 0.167. The van der Waals surface area contributed by atoms with E-state index in [4.69, 9.17) is 0 Å². The number of carbonyl (C=O) groups excluding carboxylic acids is 2. The van der Waals surface area contributed by atoms with Gasteiger partial charge < -0.3 is 10.6 Å². The fourth-order valence-electron chi connectivity index (χ4n) is 3.57. The molecule has 0 spiro atoms. The van der Waals surface area contributed by atoms with E-state index in [1.165, 1.54) is 6.20 Å². The Kier molecular flexibility index (Phi) is 5.66. The van der Waals surface area contributed by atoms with Crippen molar-refractivity contribution in [2.24, 2.45) is 5.92 Å². The monoisotopic (exact) mass is 398 g/mol. The Morgan fingerprint density at radius 3 is 2.60 bits per heavy atom. The van der Waals surface area contributed by atoms with Crippen LogP contribution in [0.15, 0.2) is 67.0 Å². The maximum Gasteiger partial charge on any atom is 0.272 e. The zero-order valence-corrected chi connectivity index (χ0v) is 16.6. The van der Waals surface area contributed by atoms with Crippen molar-refractivity contribution in [2.75, 3.05) is 5.32 Å². The number of aromatic nitrogens is 2. The van der Waals surface area contributed by atoms with E-state index in [1.54, 1.807) is 18.3 Å². The van der Waals surface area contributed by atoms with E-state index >= 15 is 0 Å². The van der Waals surface area contributed by atoms with Gasteiger partial charge in [0.05, 0.1) is 17.9 Å². The summed E-state index contributed by atoms with van der Waals surface area (Å²) in [5, 5.41) is 7.68. The van der Waals surface area contributed by atoms with E-state index < -0.39 is 0 Å². The van der Waals surface area contributed by atoms with Crippen molar-refractivity contribution in [1.29, 1.82) is 0 Å². The SMILES string of the molecule is CC1C=c2ccccc2=C(C(=O)Nc2cccnc2C(=O)NCc2ccccn2)C1. The lowest BCUT2D eigenvalue weighted by atomic mass is 9.92. The highest BCUT2D eigenvalue weighted by Gasteiger charge is 2.20. The van der Waals surface area contributed by atoms with Crippen molar-refractivity contribution in [3.05, 3.63) is 88.8 Å². The molecule has 0 saturated carbocycles. The molecule has 1 atom stereocenters. The molecule has 1 unspecified atom stereocenters. The number of hydrogen-bond acceptors (Lipinski definition) is 4. The summed E-state index contributed by atoms with van der Waals surface area (Å²) in [6, 6.07) is 16.7. The molecule has 30 heavy (non-hydrogen) atoms. The molecular formula is C24H22N4O2. The van der Waals surface area contributed by atoms with Crippen molar-refractivity contribution < 1.29 is 9.59 Å². The standard InChI is InChI=1S/C24H22N4O2/c1-16-13-17-7-2-3-9-19(17)20(14-16)23(29)28-21-10-6-12-26-22(21)24(30)27-15-18-8-4-5-11-25-18/h2-13,16H,14-15H2,1H3,(H,27,30)(H,28,29). The second-order valence-corrected chi connectivity index (χ2v) is 7.27. The first kappa shape index (κ1) is 19.5. The average Bonchev–Trinajstić information content (AvgIpc) is 2.78. The van der Waals surface area contributed by atoms with Gasteiger partial charge in [0, 0.05) is 18.0 Å². The van der Waals surface area contributed by atoms with Crippen LogP contribution in [0.3, 0.4) is 0 Å². The molecule has 0 saturated heterocycles. The predicted molar refractivity (Wildman–Crippen MR) is 116 cm³/mol. The lowest BCUT2D eigenvalue weighted by Crippen LogP contribution is -2.35. The Balaban J connectivity index is 1.57. The minimum absolute atomic E-state index is 0.172. The predicted octanol–water partition coefficient (Wildman–Crippen LogP) is 2.02. The average molecular weight is 398 g/mol. The van der Waals surface area contributed by atoms with E-state index in [9.17, 15) is 9.59 Å². The van der Waals surface area contributed by atoms with E-state index in [2.05, 4.69) is 33.6 Å². The minimum atomic E-state index is -0.368. The second kappa shape index (κ2) is 8.69. The Hall–Kier alpha value is -3.80. The summed E-state index contributed by atoms with van der Waals surface area (Å²) in [6.45, 7) is 2.37. The van der Waals surface area contributed by atoms with Crippen LogP contribution in [0.4, 0.5) is 5.69 Å². The zero-order chi connectivity index (χ0) is 20.9. The molecule has 0 fully saturated rings. The number of rotatable bonds is 5. The third kappa shape index (κ3) is 4.27. The number of nitrogens with zero attached hydrogens (tertiary/aromatic N) is 2. The summed E-state index contributed by atoms with van der Waals surface area (Å²) in [5.41, 5.74) is 2.01. The molecule has 0 radical (unpaired) electrons.